The number of hydrogen-bond acceptors (Lipinski definition) is 5. The van der Waals surface area contributed by atoms with E-state index in [2.05, 4.69) is 16.0 Å². The molecule has 0 spiro atoms. The van der Waals surface area contributed by atoms with Crippen molar-refractivity contribution in [1.82, 2.24) is 20.9 Å². The molecule has 40 heavy (non-hydrogen) atoms. The second kappa shape index (κ2) is 14.1. The normalized spacial score (nSPS) is 22.9. The van der Waals surface area contributed by atoms with E-state index < -0.39 is 30.1 Å². The Morgan fingerprint density at radius 2 is 1.52 bits per heavy atom. The molecular formula is C29H38ClN6O4-. The molecule has 2 heterocycles. The zero-order valence-corrected chi connectivity index (χ0v) is 23.3. The molecule has 11 heteroatoms. The first-order valence-corrected chi connectivity index (χ1v) is 13.6. The Kier molecular flexibility index (Phi) is 10.9. The smallest absolute Gasteiger partial charge is 0.312 e. The molecule has 7 N–H and O–H groups in total. The average molecular weight is 570 g/mol. The highest BCUT2D eigenvalue weighted by Gasteiger charge is 2.48. The first kappa shape index (κ1) is 30.9. The van der Waals surface area contributed by atoms with Gasteiger partial charge in [-0.1, -0.05) is 67.6 Å². The van der Waals surface area contributed by atoms with Crippen molar-refractivity contribution in [3.63, 3.8) is 0 Å². The molecule has 2 aliphatic rings. The second-order valence-electron chi connectivity index (χ2n) is 10.3. The number of carbonyl (C=O) groups excluding carboxylic acids is 4. The van der Waals surface area contributed by atoms with Gasteiger partial charge in [-0.15, -0.1) is 0 Å². The van der Waals surface area contributed by atoms with Crippen molar-refractivity contribution in [2.24, 2.45) is 17.4 Å². The Labute approximate surface area is 241 Å². The number of nitrogens with zero attached hydrogens (tertiary/aromatic N) is 1. The molecule has 2 aromatic carbocycles. The van der Waals surface area contributed by atoms with Crippen LogP contribution in [0.15, 0.2) is 60.7 Å². The van der Waals surface area contributed by atoms with Crippen LogP contribution >= 0.6 is 0 Å². The number of fused-ring (bicyclic) bond motifs is 1. The predicted octanol–water partition coefficient (Wildman–Crippen LogP) is -1.44. The first-order chi connectivity index (χ1) is 18.8. The maximum absolute atomic E-state index is 14.0. The number of rotatable bonds is 9. The van der Waals surface area contributed by atoms with E-state index in [0.29, 0.717) is 32.1 Å². The monoisotopic (exact) mass is 569 g/mol. The number of hydrogen-bond donors (Lipinski definition) is 5. The summed E-state index contributed by atoms with van der Waals surface area (Å²) in [5.41, 5.74) is 13.1. The largest absolute Gasteiger partial charge is 1.00 e. The minimum Gasteiger partial charge on any atom is -1.00 e. The average Bonchev–Trinajstić information content (AvgIpc) is 3.33. The molecule has 0 bridgehead atoms. The maximum atomic E-state index is 14.0. The summed E-state index contributed by atoms with van der Waals surface area (Å²) in [6.45, 7) is 1.92. The second-order valence-corrected chi connectivity index (χ2v) is 10.3. The van der Waals surface area contributed by atoms with Gasteiger partial charge in [0.15, 0.2) is 0 Å². The minimum atomic E-state index is -0.931. The summed E-state index contributed by atoms with van der Waals surface area (Å²) >= 11 is 0. The van der Waals surface area contributed by atoms with E-state index >= 15 is 0 Å². The fourth-order valence-electron chi connectivity index (χ4n) is 5.66. The van der Waals surface area contributed by atoms with Gasteiger partial charge < -0.3 is 44.7 Å². The molecule has 0 unspecified atom stereocenters. The Bertz CT molecular complexity index is 1130. The number of halogens is 1. The van der Waals surface area contributed by atoms with E-state index in [0.717, 1.165) is 11.1 Å². The lowest BCUT2D eigenvalue weighted by Gasteiger charge is -2.33. The van der Waals surface area contributed by atoms with Gasteiger partial charge in [-0.2, -0.15) is 0 Å². The lowest BCUT2D eigenvalue weighted by atomic mass is 9.92. The molecule has 5 amide bonds. The van der Waals surface area contributed by atoms with E-state index in [4.69, 9.17) is 11.5 Å². The molecule has 5 atom stereocenters. The molecule has 216 valence electrons. The molecule has 2 aromatic rings. The molecule has 2 saturated heterocycles. The van der Waals surface area contributed by atoms with Crippen LogP contribution < -0.4 is 39.8 Å². The van der Waals surface area contributed by atoms with Crippen LogP contribution in [-0.2, 0) is 14.4 Å². The lowest BCUT2D eigenvalue weighted by molar-refractivity contribution is -0.143. The summed E-state index contributed by atoms with van der Waals surface area (Å²) in [6, 6.07) is 15.8. The molecular weight excluding hydrogens is 532 g/mol. The van der Waals surface area contributed by atoms with Crippen LogP contribution in [0, 0.1) is 5.92 Å². The highest BCUT2D eigenvalue weighted by Crippen LogP contribution is 2.34. The van der Waals surface area contributed by atoms with Crippen molar-refractivity contribution in [2.75, 3.05) is 6.54 Å². The number of nitrogens with one attached hydrogen (secondary N) is 3. The minimum absolute atomic E-state index is 0. The van der Waals surface area contributed by atoms with Gasteiger partial charge in [-0.25, -0.2) is 4.79 Å². The van der Waals surface area contributed by atoms with E-state index in [-0.39, 0.29) is 48.8 Å². The van der Waals surface area contributed by atoms with E-state index in [9.17, 15) is 19.2 Å². The van der Waals surface area contributed by atoms with Crippen LogP contribution in [0.4, 0.5) is 4.79 Å². The van der Waals surface area contributed by atoms with Gasteiger partial charge in [-0.3, -0.25) is 14.4 Å². The highest BCUT2D eigenvalue weighted by molar-refractivity contribution is 5.94. The lowest BCUT2D eigenvalue weighted by Crippen LogP contribution is -3.00. The van der Waals surface area contributed by atoms with Gasteiger partial charge in [0.25, 0.3) is 0 Å². The van der Waals surface area contributed by atoms with E-state index in [1.807, 2.05) is 60.7 Å². The SMILES string of the molecule is CC[C@H](N)C(=O)N[C@@H]1C(=O)N2[C@@H](CC[C@@H]1CNC(N)=O)CC[C@H]2C(=O)NC(c1ccccc1)c1ccccc1.[Cl-]. The summed E-state index contributed by atoms with van der Waals surface area (Å²) in [6.07, 6.45) is 2.83. The number of benzene rings is 2. The third-order valence-electron chi connectivity index (χ3n) is 7.83. The number of nitrogens with two attached hydrogens (primary N) is 2. The van der Waals surface area contributed by atoms with Crippen LogP contribution in [0.5, 0.6) is 0 Å². The summed E-state index contributed by atoms with van der Waals surface area (Å²) in [7, 11) is 0. The predicted molar refractivity (Wildman–Crippen MR) is 147 cm³/mol. The summed E-state index contributed by atoms with van der Waals surface area (Å²) < 4.78 is 0. The zero-order valence-electron chi connectivity index (χ0n) is 22.6. The number of carbonyl (C=O) groups is 4. The number of urea groups is 1. The van der Waals surface area contributed by atoms with Gasteiger partial charge in [0, 0.05) is 18.5 Å². The van der Waals surface area contributed by atoms with Gasteiger partial charge in [0.1, 0.15) is 12.1 Å². The zero-order chi connectivity index (χ0) is 27.9. The maximum Gasteiger partial charge on any atom is 0.312 e. The summed E-state index contributed by atoms with van der Waals surface area (Å²) in [5.74, 6) is -1.40. The van der Waals surface area contributed by atoms with Crippen LogP contribution in [0.1, 0.15) is 56.2 Å². The van der Waals surface area contributed by atoms with Crippen molar-refractivity contribution < 1.29 is 31.6 Å². The Hall–Kier alpha value is -3.63. The van der Waals surface area contributed by atoms with Crippen molar-refractivity contribution in [3.8, 4) is 0 Å². The van der Waals surface area contributed by atoms with Crippen molar-refractivity contribution in [2.45, 2.75) is 69.2 Å². The Balaban J connectivity index is 0.00000441. The fraction of sp³-hybridized carbons (Fsp3) is 0.448. The molecule has 4 rings (SSSR count). The van der Waals surface area contributed by atoms with Crippen molar-refractivity contribution in [1.29, 1.82) is 0 Å². The molecule has 0 saturated carbocycles. The molecule has 0 aliphatic carbocycles. The quantitative estimate of drug-likeness (QED) is 0.250. The van der Waals surface area contributed by atoms with Crippen LogP contribution in [0.3, 0.4) is 0 Å². The summed E-state index contributed by atoms with van der Waals surface area (Å²) in [5, 5.41) is 8.58. The van der Waals surface area contributed by atoms with E-state index in [1.54, 1.807) is 11.8 Å². The van der Waals surface area contributed by atoms with Crippen molar-refractivity contribution in [3.05, 3.63) is 71.8 Å². The molecule has 10 nitrogen and oxygen atoms in total. The molecule has 0 aromatic heterocycles. The third kappa shape index (κ3) is 7.11. The summed E-state index contributed by atoms with van der Waals surface area (Å²) in [4.78, 5) is 53.6. The van der Waals surface area contributed by atoms with Gasteiger partial charge in [0.05, 0.1) is 12.1 Å². The Morgan fingerprint density at radius 1 is 0.950 bits per heavy atom. The number of amides is 5. The molecule has 2 fully saturated rings. The van der Waals surface area contributed by atoms with Crippen LogP contribution in [0.25, 0.3) is 0 Å². The van der Waals surface area contributed by atoms with Crippen molar-refractivity contribution >= 4 is 23.8 Å². The third-order valence-corrected chi connectivity index (χ3v) is 7.83. The topological polar surface area (TPSA) is 160 Å². The Morgan fingerprint density at radius 3 is 2.08 bits per heavy atom. The van der Waals surface area contributed by atoms with Crippen LogP contribution in [-0.4, -0.2) is 59.4 Å². The van der Waals surface area contributed by atoms with Gasteiger partial charge in [-0.05, 0) is 43.2 Å². The van der Waals surface area contributed by atoms with Crippen LogP contribution in [0.2, 0.25) is 0 Å². The first-order valence-electron chi connectivity index (χ1n) is 13.6. The highest BCUT2D eigenvalue weighted by atomic mass is 35.5. The fourth-order valence-corrected chi connectivity index (χ4v) is 5.66. The van der Waals surface area contributed by atoms with Gasteiger partial charge >= 0.3 is 6.03 Å². The van der Waals surface area contributed by atoms with Gasteiger partial charge in [0.2, 0.25) is 17.7 Å². The van der Waals surface area contributed by atoms with E-state index in [1.165, 1.54) is 0 Å². The standard InChI is InChI=1S/C29H38N6O4.ClH/c1-2-22(30)26(36)34-25-20(17-32-29(31)39)13-14-21-15-16-23(35(21)28(25)38)27(37)33-24(18-9-5-3-6-10-18)19-11-7-4-8-12-19;/h3-12,20-25H,2,13-17,30H2,1H3,(H,33,37)(H,34,36)(H3,31,32,39);1H/p-1/t20-,21+,22+,23+,25+;/m1./s1. The molecule has 0 radical (unpaired) electrons. The number of primary amides is 1. The molecule has 2 aliphatic heterocycles.